The van der Waals surface area contributed by atoms with Gasteiger partial charge in [0.25, 0.3) is 5.56 Å². The van der Waals surface area contributed by atoms with Crippen LogP contribution in [0.5, 0.6) is 17.2 Å². The van der Waals surface area contributed by atoms with Gasteiger partial charge in [0.1, 0.15) is 5.82 Å². The Kier molecular flexibility index (Phi) is 4.21. The molecule has 1 aliphatic heterocycles. The van der Waals surface area contributed by atoms with Crippen molar-refractivity contribution in [2.45, 2.75) is 26.9 Å². The third-order valence-corrected chi connectivity index (χ3v) is 4.81. The van der Waals surface area contributed by atoms with Crippen molar-refractivity contribution < 1.29 is 14.6 Å². The zero-order chi connectivity index (χ0) is 20.0. The van der Waals surface area contributed by atoms with Crippen molar-refractivity contribution in [1.82, 2.24) is 18.7 Å². The molecule has 0 saturated carbocycles. The molecular formula is C19H20N4O5. The molecule has 1 N–H and O–H groups in total. The fraction of sp³-hybridized carbons (Fsp3) is 0.316. The third kappa shape index (κ3) is 2.58. The molecule has 0 radical (unpaired) electrons. The van der Waals surface area contributed by atoms with E-state index in [1.165, 1.54) is 9.13 Å². The Bertz CT molecular complexity index is 1230. The summed E-state index contributed by atoms with van der Waals surface area (Å²) in [4.78, 5) is 29.7. The molecule has 3 heterocycles. The molecular weight excluding hydrogens is 364 g/mol. The molecule has 0 fully saturated rings. The van der Waals surface area contributed by atoms with Gasteiger partial charge in [-0.05, 0) is 37.6 Å². The van der Waals surface area contributed by atoms with Gasteiger partial charge in [-0.25, -0.2) is 9.78 Å². The summed E-state index contributed by atoms with van der Waals surface area (Å²) in [7, 11) is 1.73. The number of phenols is 1. The molecule has 9 nitrogen and oxygen atoms in total. The van der Waals surface area contributed by atoms with Crippen molar-refractivity contribution in [3.63, 3.8) is 0 Å². The summed E-state index contributed by atoms with van der Waals surface area (Å²) in [6.07, 6.45) is 3.47. The van der Waals surface area contributed by atoms with E-state index in [1.54, 1.807) is 42.8 Å². The Morgan fingerprint density at radius 1 is 1.14 bits per heavy atom. The standard InChI is InChI=1S/C19H20N4O5/c1-4-22-17-15(18(25)23(5-2)19(22)26)21(3)14(20-17)7-6-11-8-12(24)16-13(9-11)27-10-28-16/h6-9,24H,4-5,10H2,1-3H3/b7-6+. The number of imidazole rings is 1. The summed E-state index contributed by atoms with van der Waals surface area (Å²) >= 11 is 0. The highest BCUT2D eigenvalue weighted by Crippen LogP contribution is 2.41. The molecule has 0 atom stereocenters. The average molecular weight is 384 g/mol. The second kappa shape index (κ2) is 6.59. The summed E-state index contributed by atoms with van der Waals surface area (Å²) in [6, 6.07) is 3.30. The van der Waals surface area contributed by atoms with E-state index in [-0.39, 0.29) is 23.8 Å². The lowest BCUT2D eigenvalue weighted by molar-refractivity contribution is 0.171. The number of aromatic hydroxyl groups is 1. The van der Waals surface area contributed by atoms with Crippen molar-refractivity contribution in [1.29, 1.82) is 0 Å². The monoisotopic (exact) mass is 384 g/mol. The first kappa shape index (κ1) is 17.9. The lowest BCUT2D eigenvalue weighted by atomic mass is 10.1. The van der Waals surface area contributed by atoms with Gasteiger partial charge in [0, 0.05) is 20.1 Å². The van der Waals surface area contributed by atoms with Crippen LogP contribution in [0, 0.1) is 0 Å². The summed E-state index contributed by atoms with van der Waals surface area (Å²) in [5, 5.41) is 10.0. The van der Waals surface area contributed by atoms with Crippen LogP contribution < -0.4 is 20.7 Å². The highest BCUT2D eigenvalue weighted by molar-refractivity contribution is 5.77. The summed E-state index contributed by atoms with van der Waals surface area (Å²) in [5.74, 6) is 1.30. The zero-order valence-electron chi connectivity index (χ0n) is 15.8. The average Bonchev–Trinajstić information content (AvgIpc) is 3.26. The van der Waals surface area contributed by atoms with Crippen LogP contribution in [0.3, 0.4) is 0 Å². The Labute approximate surface area is 159 Å². The largest absolute Gasteiger partial charge is 0.504 e. The third-order valence-electron chi connectivity index (χ3n) is 4.81. The van der Waals surface area contributed by atoms with E-state index in [2.05, 4.69) is 4.98 Å². The molecule has 0 aliphatic carbocycles. The quantitative estimate of drug-likeness (QED) is 0.732. The van der Waals surface area contributed by atoms with Crippen molar-refractivity contribution in [2.24, 2.45) is 7.05 Å². The molecule has 3 aromatic rings. The number of ether oxygens (including phenoxy) is 2. The van der Waals surface area contributed by atoms with Gasteiger partial charge in [-0.1, -0.05) is 6.08 Å². The minimum Gasteiger partial charge on any atom is -0.504 e. The second-order valence-corrected chi connectivity index (χ2v) is 6.38. The van der Waals surface area contributed by atoms with E-state index in [0.29, 0.717) is 47.1 Å². The lowest BCUT2D eigenvalue weighted by Gasteiger charge is -2.08. The van der Waals surface area contributed by atoms with E-state index in [4.69, 9.17) is 9.47 Å². The van der Waals surface area contributed by atoms with Crippen LogP contribution in [-0.4, -0.2) is 30.6 Å². The molecule has 0 amide bonds. The molecule has 2 aromatic heterocycles. The number of phenolic OH excluding ortho intramolecular Hbond substituents is 1. The maximum atomic E-state index is 12.7. The van der Waals surface area contributed by atoms with Gasteiger partial charge in [-0.2, -0.15) is 0 Å². The van der Waals surface area contributed by atoms with Gasteiger partial charge < -0.3 is 19.1 Å². The summed E-state index contributed by atoms with van der Waals surface area (Å²) in [6.45, 7) is 4.37. The number of rotatable bonds is 4. The molecule has 0 saturated heterocycles. The van der Waals surface area contributed by atoms with Crippen molar-refractivity contribution in [2.75, 3.05) is 6.79 Å². The predicted octanol–water partition coefficient (Wildman–Crippen LogP) is 1.54. The number of fused-ring (bicyclic) bond motifs is 2. The van der Waals surface area contributed by atoms with Crippen LogP contribution in [0.2, 0.25) is 0 Å². The Balaban J connectivity index is 1.85. The van der Waals surface area contributed by atoms with E-state index in [1.807, 2.05) is 6.92 Å². The van der Waals surface area contributed by atoms with Crippen molar-refractivity contribution in [3.8, 4) is 17.2 Å². The minimum absolute atomic E-state index is 0.00898. The fourth-order valence-electron chi connectivity index (χ4n) is 3.37. The molecule has 0 bridgehead atoms. The first-order chi connectivity index (χ1) is 13.5. The van der Waals surface area contributed by atoms with Crippen LogP contribution in [-0.2, 0) is 20.1 Å². The summed E-state index contributed by atoms with van der Waals surface area (Å²) in [5.41, 5.74) is 0.696. The van der Waals surface area contributed by atoms with Crippen LogP contribution >= 0.6 is 0 Å². The van der Waals surface area contributed by atoms with E-state index in [0.717, 1.165) is 0 Å². The smallest absolute Gasteiger partial charge is 0.332 e. The predicted molar refractivity (Wildman–Crippen MR) is 104 cm³/mol. The van der Waals surface area contributed by atoms with Crippen LogP contribution in [0.25, 0.3) is 23.3 Å². The minimum atomic E-state index is -0.364. The number of hydrogen-bond donors (Lipinski definition) is 1. The van der Waals surface area contributed by atoms with Gasteiger partial charge in [0.05, 0.1) is 0 Å². The Morgan fingerprint density at radius 3 is 2.61 bits per heavy atom. The first-order valence-corrected chi connectivity index (χ1v) is 8.97. The number of hydrogen-bond acceptors (Lipinski definition) is 6. The normalized spacial score (nSPS) is 13.1. The van der Waals surface area contributed by atoms with Gasteiger partial charge in [0.15, 0.2) is 22.7 Å². The maximum Gasteiger partial charge on any atom is 0.332 e. The Morgan fingerprint density at radius 2 is 1.89 bits per heavy atom. The van der Waals surface area contributed by atoms with E-state index in [9.17, 15) is 14.7 Å². The SMILES string of the molecule is CCn1c(=O)c2c(nc(/C=C/c3cc(O)c4c(c3)OCO4)n2C)n(CC)c1=O. The van der Waals surface area contributed by atoms with Crippen molar-refractivity contribution in [3.05, 3.63) is 44.4 Å². The molecule has 28 heavy (non-hydrogen) atoms. The highest BCUT2D eigenvalue weighted by Gasteiger charge is 2.19. The number of benzene rings is 1. The topological polar surface area (TPSA) is 101 Å². The van der Waals surface area contributed by atoms with Gasteiger partial charge in [-0.3, -0.25) is 13.9 Å². The molecule has 1 aromatic carbocycles. The fourth-order valence-corrected chi connectivity index (χ4v) is 3.37. The number of nitrogens with zero attached hydrogens (tertiary/aromatic N) is 4. The second-order valence-electron chi connectivity index (χ2n) is 6.38. The van der Waals surface area contributed by atoms with Gasteiger partial charge in [0.2, 0.25) is 12.5 Å². The maximum absolute atomic E-state index is 12.7. The van der Waals surface area contributed by atoms with Crippen molar-refractivity contribution >= 4 is 23.3 Å². The van der Waals surface area contributed by atoms with Crippen LogP contribution in [0.15, 0.2) is 21.7 Å². The molecule has 0 unspecified atom stereocenters. The van der Waals surface area contributed by atoms with Gasteiger partial charge >= 0.3 is 5.69 Å². The molecule has 1 aliphatic rings. The summed E-state index contributed by atoms with van der Waals surface area (Å²) < 4.78 is 14.9. The zero-order valence-corrected chi connectivity index (χ0v) is 15.8. The molecule has 146 valence electrons. The highest BCUT2D eigenvalue weighted by atomic mass is 16.7. The van der Waals surface area contributed by atoms with Crippen LogP contribution in [0.1, 0.15) is 25.2 Å². The van der Waals surface area contributed by atoms with Crippen LogP contribution in [0.4, 0.5) is 0 Å². The lowest BCUT2D eigenvalue weighted by Crippen LogP contribution is -2.39. The number of aromatic nitrogens is 4. The van der Waals surface area contributed by atoms with E-state index >= 15 is 0 Å². The Hall–Kier alpha value is -3.49. The number of aryl methyl sites for hydroxylation is 2. The van der Waals surface area contributed by atoms with E-state index < -0.39 is 0 Å². The molecule has 4 rings (SSSR count). The van der Waals surface area contributed by atoms with Gasteiger partial charge in [-0.15, -0.1) is 0 Å². The first-order valence-electron chi connectivity index (χ1n) is 8.97. The molecule has 9 heteroatoms. The molecule has 0 spiro atoms.